The summed E-state index contributed by atoms with van der Waals surface area (Å²) in [6.45, 7) is 7.73. The Morgan fingerprint density at radius 3 is 2.61 bits per heavy atom. The van der Waals surface area contributed by atoms with E-state index in [2.05, 4.69) is 10.6 Å². The van der Waals surface area contributed by atoms with Crippen LogP contribution in [-0.4, -0.2) is 50.1 Å². The van der Waals surface area contributed by atoms with E-state index in [9.17, 15) is 9.59 Å². The topological polar surface area (TPSA) is 70.7 Å². The minimum absolute atomic E-state index is 0.145. The molecule has 0 radical (unpaired) electrons. The minimum atomic E-state index is -0.451. The highest BCUT2D eigenvalue weighted by Gasteiger charge is 2.10. The van der Waals surface area contributed by atoms with Gasteiger partial charge in [-0.05, 0) is 31.5 Å². The molecular weight excluding hydrogens is 294 g/mol. The zero-order valence-corrected chi connectivity index (χ0v) is 14.4. The van der Waals surface area contributed by atoms with Crippen molar-refractivity contribution in [3.05, 3.63) is 29.8 Å². The minimum Gasteiger partial charge on any atom is -0.492 e. The van der Waals surface area contributed by atoms with Crippen LogP contribution < -0.4 is 15.4 Å². The Bertz CT molecular complexity index is 518. The maximum absolute atomic E-state index is 11.7. The SMILES string of the molecule is Cc1ccccc1OCCN(C)CC(=O)NC(=O)NCC(C)C. The fourth-order valence-electron chi connectivity index (χ4n) is 1.86. The quantitative estimate of drug-likeness (QED) is 0.766. The number of benzene rings is 1. The summed E-state index contributed by atoms with van der Waals surface area (Å²) >= 11 is 0. The van der Waals surface area contributed by atoms with Crippen LogP contribution in [0.5, 0.6) is 5.75 Å². The molecule has 0 aliphatic carbocycles. The maximum Gasteiger partial charge on any atom is 0.321 e. The number of hydrogen-bond donors (Lipinski definition) is 2. The van der Waals surface area contributed by atoms with Gasteiger partial charge in [0.25, 0.3) is 0 Å². The molecule has 3 amide bonds. The summed E-state index contributed by atoms with van der Waals surface area (Å²) < 4.78 is 5.68. The number of likely N-dealkylation sites (N-methyl/N-ethyl adjacent to an activating group) is 1. The summed E-state index contributed by atoms with van der Waals surface area (Å²) in [7, 11) is 1.81. The van der Waals surface area contributed by atoms with Crippen molar-refractivity contribution < 1.29 is 14.3 Å². The number of nitrogens with one attached hydrogen (secondary N) is 2. The molecule has 0 spiro atoms. The van der Waals surface area contributed by atoms with Crippen LogP contribution in [0.2, 0.25) is 0 Å². The van der Waals surface area contributed by atoms with E-state index in [1.165, 1.54) is 0 Å². The van der Waals surface area contributed by atoms with E-state index in [4.69, 9.17) is 4.74 Å². The smallest absolute Gasteiger partial charge is 0.321 e. The molecule has 2 N–H and O–H groups in total. The highest BCUT2D eigenvalue weighted by atomic mass is 16.5. The molecule has 0 saturated heterocycles. The third kappa shape index (κ3) is 8.21. The van der Waals surface area contributed by atoms with Crippen LogP contribution in [0, 0.1) is 12.8 Å². The van der Waals surface area contributed by atoms with Gasteiger partial charge in [-0.15, -0.1) is 0 Å². The van der Waals surface area contributed by atoms with Crippen molar-refractivity contribution in [1.29, 1.82) is 0 Å². The molecule has 0 fully saturated rings. The third-order valence-corrected chi connectivity index (χ3v) is 3.16. The fraction of sp³-hybridized carbons (Fsp3) is 0.529. The van der Waals surface area contributed by atoms with Gasteiger partial charge in [0.15, 0.2) is 0 Å². The molecule has 1 rings (SSSR count). The molecule has 0 aromatic heterocycles. The zero-order chi connectivity index (χ0) is 17.2. The average molecular weight is 321 g/mol. The first-order valence-electron chi connectivity index (χ1n) is 7.83. The molecule has 0 atom stereocenters. The van der Waals surface area contributed by atoms with Crippen LogP contribution >= 0.6 is 0 Å². The van der Waals surface area contributed by atoms with Crippen LogP contribution in [0.15, 0.2) is 24.3 Å². The number of hydrogen-bond acceptors (Lipinski definition) is 4. The molecule has 0 unspecified atom stereocenters. The van der Waals surface area contributed by atoms with E-state index < -0.39 is 6.03 Å². The number of nitrogens with zero attached hydrogens (tertiary/aromatic N) is 1. The summed E-state index contributed by atoms with van der Waals surface area (Å²) in [5, 5.41) is 4.96. The average Bonchev–Trinajstić information content (AvgIpc) is 2.47. The second-order valence-corrected chi connectivity index (χ2v) is 6.00. The summed E-state index contributed by atoms with van der Waals surface area (Å²) in [6.07, 6.45) is 0. The number of urea groups is 1. The molecule has 128 valence electrons. The standard InChI is InChI=1S/C17H27N3O3/c1-13(2)11-18-17(22)19-16(21)12-20(4)9-10-23-15-8-6-5-7-14(15)3/h5-8,13H,9-12H2,1-4H3,(H2,18,19,21,22). The number of imide groups is 1. The maximum atomic E-state index is 11.7. The lowest BCUT2D eigenvalue weighted by atomic mass is 10.2. The fourth-order valence-corrected chi connectivity index (χ4v) is 1.86. The Morgan fingerprint density at radius 1 is 1.26 bits per heavy atom. The van der Waals surface area contributed by atoms with Crippen molar-refractivity contribution in [2.75, 3.05) is 33.3 Å². The molecule has 23 heavy (non-hydrogen) atoms. The van der Waals surface area contributed by atoms with Gasteiger partial charge in [-0.2, -0.15) is 0 Å². The molecule has 0 aliphatic heterocycles. The van der Waals surface area contributed by atoms with Crippen molar-refractivity contribution in [3.8, 4) is 5.75 Å². The van der Waals surface area contributed by atoms with E-state index in [-0.39, 0.29) is 12.5 Å². The van der Waals surface area contributed by atoms with Gasteiger partial charge in [0, 0.05) is 13.1 Å². The second kappa shape index (κ2) is 9.84. The van der Waals surface area contributed by atoms with Crippen molar-refractivity contribution >= 4 is 11.9 Å². The van der Waals surface area contributed by atoms with E-state index in [1.54, 1.807) is 0 Å². The monoisotopic (exact) mass is 321 g/mol. The van der Waals surface area contributed by atoms with Gasteiger partial charge in [0.1, 0.15) is 12.4 Å². The van der Waals surface area contributed by atoms with Crippen molar-refractivity contribution in [2.45, 2.75) is 20.8 Å². The van der Waals surface area contributed by atoms with Gasteiger partial charge in [0.05, 0.1) is 6.54 Å². The molecule has 0 saturated carbocycles. The Kier molecular flexibility index (Phi) is 8.11. The third-order valence-electron chi connectivity index (χ3n) is 3.16. The molecule has 1 aromatic carbocycles. The van der Waals surface area contributed by atoms with Crippen LogP contribution in [0.3, 0.4) is 0 Å². The van der Waals surface area contributed by atoms with E-state index in [0.717, 1.165) is 11.3 Å². The number of amides is 3. The van der Waals surface area contributed by atoms with Gasteiger partial charge in [0.2, 0.25) is 5.91 Å². The Labute approximate surface area is 138 Å². The molecule has 0 bridgehead atoms. The molecule has 0 aliphatic rings. The van der Waals surface area contributed by atoms with Gasteiger partial charge >= 0.3 is 6.03 Å². The van der Waals surface area contributed by atoms with E-state index >= 15 is 0 Å². The number of para-hydroxylation sites is 1. The van der Waals surface area contributed by atoms with Gasteiger partial charge in [-0.25, -0.2) is 4.79 Å². The van der Waals surface area contributed by atoms with Crippen molar-refractivity contribution in [1.82, 2.24) is 15.5 Å². The summed E-state index contributed by atoms with van der Waals surface area (Å²) in [5.74, 6) is 0.861. The first-order chi connectivity index (χ1) is 10.9. The van der Waals surface area contributed by atoms with Gasteiger partial charge in [-0.3, -0.25) is 15.0 Å². The van der Waals surface area contributed by atoms with Crippen molar-refractivity contribution in [2.24, 2.45) is 5.92 Å². The first-order valence-corrected chi connectivity index (χ1v) is 7.83. The number of rotatable bonds is 8. The van der Waals surface area contributed by atoms with Gasteiger partial charge < -0.3 is 10.1 Å². The normalized spacial score (nSPS) is 10.7. The zero-order valence-electron chi connectivity index (χ0n) is 14.4. The summed E-state index contributed by atoms with van der Waals surface area (Å²) in [5.41, 5.74) is 1.08. The number of aryl methyl sites for hydroxylation is 1. The van der Waals surface area contributed by atoms with E-state index in [0.29, 0.717) is 25.6 Å². The number of carbonyl (C=O) groups excluding carboxylic acids is 2. The highest BCUT2D eigenvalue weighted by molar-refractivity contribution is 5.95. The predicted molar refractivity (Wildman–Crippen MR) is 90.6 cm³/mol. The van der Waals surface area contributed by atoms with E-state index in [1.807, 2.05) is 57.0 Å². The molecule has 1 aromatic rings. The summed E-state index contributed by atoms with van der Waals surface area (Å²) in [6, 6.07) is 7.34. The second-order valence-electron chi connectivity index (χ2n) is 6.00. The number of ether oxygens (including phenoxy) is 1. The Balaban J connectivity index is 2.22. The predicted octanol–water partition coefficient (Wildman–Crippen LogP) is 1.79. The number of carbonyl (C=O) groups is 2. The Morgan fingerprint density at radius 2 is 1.96 bits per heavy atom. The van der Waals surface area contributed by atoms with Gasteiger partial charge in [-0.1, -0.05) is 32.0 Å². The van der Waals surface area contributed by atoms with Crippen molar-refractivity contribution in [3.63, 3.8) is 0 Å². The largest absolute Gasteiger partial charge is 0.492 e. The lowest BCUT2D eigenvalue weighted by molar-refractivity contribution is -0.120. The lowest BCUT2D eigenvalue weighted by Crippen LogP contribution is -2.45. The van der Waals surface area contributed by atoms with Crippen LogP contribution in [0.25, 0.3) is 0 Å². The van der Waals surface area contributed by atoms with Crippen LogP contribution in [-0.2, 0) is 4.79 Å². The Hall–Kier alpha value is -2.08. The molecule has 6 nitrogen and oxygen atoms in total. The van der Waals surface area contributed by atoms with Crippen LogP contribution in [0.1, 0.15) is 19.4 Å². The molecule has 0 heterocycles. The lowest BCUT2D eigenvalue weighted by Gasteiger charge is -2.17. The first kappa shape index (κ1) is 19.0. The van der Waals surface area contributed by atoms with Crippen LogP contribution in [0.4, 0.5) is 4.79 Å². The summed E-state index contributed by atoms with van der Waals surface area (Å²) in [4.78, 5) is 25.0. The molecular formula is C17H27N3O3. The highest BCUT2D eigenvalue weighted by Crippen LogP contribution is 2.15. The molecule has 6 heteroatoms.